The molecule has 0 aliphatic rings. The zero-order chi connectivity index (χ0) is 34.4. The molecule has 248 valence electrons. The van der Waals surface area contributed by atoms with Crippen LogP contribution in [0.1, 0.15) is 67.8 Å². The van der Waals surface area contributed by atoms with E-state index in [-0.39, 0.29) is 30.3 Å². The van der Waals surface area contributed by atoms with Gasteiger partial charge in [0, 0.05) is 48.6 Å². The first-order valence-corrected chi connectivity index (χ1v) is 16.0. The fourth-order valence-electron chi connectivity index (χ4n) is 5.80. The Labute approximate surface area is 278 Å². The molecule has 0 saturated heterocycles. The Kier molecular flexibility index (Phi) is 10.4. The summed E-state index contributed by atoms with van der Waals surface area (Å²) in [6.45, 7) is 8.88. The molecule has 11 nitrogen and oxygen atoms in total. The third kappa shape index (κ3) is 7.80. The number of amides is 3. The Morgan fingerprint density at radius 3 is 2.38 bits per heavy atom. The molecule has 3 amide bonds. The number of nitrogens with zero attached hydrogens (tertiary/aromatic N) is 1. The van der Waals surface area contributed by atoms with Gasteiger partial charge in [-0.05, 0) is 92.3 Å². The molecule has 0 saturated carbocycles. The van der Waals surface area contributed by atoms with Gasteiger partial charge in [0.25, 0.3) is 17.4 Å². The number of fused-ring (bicyclic) bond motifs is 1. The van der Waals surface area contributed by atoms with Gasteiger partial charge in [0.05, 0.1) is 17.5 Å². The highest BCUT2D eigenvalue weighted by molar-refractivity contribution is 6.04. The number of rotatable bonds is 13. The van der Waals surface area contributed by atoms with Gasteiger partial charge in [0.1, 0.15) is 11.3 Å². The third-order valence-electron chi connectivity index (χ3n) is 8.33. The highest BCUT2D eigenvalue weighted by atomic mass is 16.2. The molecule has 2 aromatic heterocycles. The summed E-state index contributed by atoms with van der Waals surface area (Å²) in [4.78, 5) is 60.7. The van der Waals surface area contributed by atoms with E-state index < -0.39 is 5.91 Å². The molecule has 0 aliphatic carbocycles. The number of nitrogens with two attached hydrogens (primary N) is 1. The molecular formula is C37H41N7O4. The number of nitrogens with one attached hydrogen (secondary N) is 5. The second-order valence-corrected chi connectivity index (χ2v) is 11.9. The first-order chi connectivity index (χ1) is 23.0. The Bertz CT molecular complexity index is 2040. The van der Waals surface area contributed by atoms with Crippen LogP contribution in [-0.2, 0) is 24.2 Å². The largest absolute Gasteiger partial charge is 0.385 e. The lowest BCUT2D eigenvalue weighted by Crippen LogP contribution is -2.28. The number of hydrogen-bond donors (Lipinski definition) is 6. The molecule has 0 atom stereocenters. The summed E-state index contributed by atoms with van der Waals surface area (Å²) in [5.41, 5.74) is 13.9. The van der Waals surface area contributed by atoms with Gasteiger partial charge in [-0.25, -0.2) is 4.98 Å². The number of anilines is 1. The van der Waals surface area contributed by atoms with Crippen LogP contribution < -0.4 is 27.2 Å². The van der Waals surface area contributed by atoms with Gasteiger partial charge in [-0.15, -0.1) is 0 Å². The molecule has 5 rings (SSSR count). The highest BCUT2D eigenvalue weighted by Gasteiger charge is 2.17. The second-order valence-electron chi connectivity index (χ2n) is 11.9. The van der Waals surface area contributed by atoms with Crippen LogP contribution in [0.5, 0.6) is 0 Å². The zero-order valence-corrected chi connectivity index (χ0v) is 27.7. The van der Waals surface area contributed by atoms with E-state index in [0.29, 0.717) is 48.1 Å². The number of benzene rings is 3. The average Bonchev–Trinajstić information content (AvgIpc) is 3.47. The van der Waals surface area contributed by atoms with E-state index in [2.05, 4.69) is 30.9 Å². The molecule has 7 N–H and O–H groups in total. The van der Waals surface area contributed by atoms with Crippen molar-refractivity contribution < 1.29 is 14.4 Å². The highest BCUT2D eigenvalue weighted by Crippen LogP contribution is 2.29. The number of H-pyrrole nitrogens is 2. The zero-order valence-electron chi connectivity index (χ0n) is 27.7. The quantitative estimate of drug-likeness (QED) is 0.102. The number of pyridine rings is 1. The summed E-state index contributed by atoms with van der Waals surface area (Å²) in [7, 11) is 0. The number of aromatic amines is 2. The van der Waals surface area contributed by atoms with Crippen LogP contribution in [0.4, 0.5) is 5.69 Å². The van der Waals surface area contributed by atoms with E-state index in [1.54, 1.807) is 12.1 Å². The maximum atomic E-state index is 13.4. The molecule has 0 bridgehead atoms. The molecule has 0 radical (unpaired) electrons. The molecule has 0 spiro atoms. The standard InChI is InChI=1S/C37H41N7O4/c1-5-39-31-19-26(18-28(23(31)4)36(47)41-20-29-21(2)16-22(3)42-37(29)48)25-13-11-24(12-14-25)17-33(45)40-15-7-10-32-43-30-9-6-8-27(35(38)46)34(30)44-32/h6,8-9,11-14,16,18-19,39H,5,7,10,15,17,20H2,1-4H3,(H2,38,46)(H,40,45)(H,41,47)(H,42,48)(H,43,44). The summed E-state index contributed by atoms with van der Waals surface area (Å²) in [5, 5.41) is 9.24. The lowest BCUT2D eigenvalue weighted by Gasteiger charge is -2.16. The number of carbonyl (C=O) groups excluding carboxylic acids is 3. The van der Waals surface area contributed by atoms with Crippen molar-refractivity contribution in [2.75, 3.05) is 18.4 Å². The molecule has 11 heteroatoms. The van der Waals surface area contributed by atoms with Crippen molar-refractivity contribution in [2.45, 2.75) is 53.5 Å². The molecule has 0 fully saturated rings. The van der Waals surface area contributed by atoms with Crippen LogP contribution in [0.25, 0.3) is 22.2 Å². The smallest absolute Gasteiger partial charge is 0.253 e. The van der Waals surface area contributed by atoms with Gasteiger partial charge in [-0.3, -0.25) is 19.2 Å². The monoisotopic (exact) mass is 647 g/mol. The Balaban J connectivity index is 1.20. The molecular weight excluding hydrogens is 606 g/mol. The van der Waals surface area contributed by atoms with Crippen molar-refractivity contribution in [3.63, 3.8) is 0 Å². The van der Waals surface area contributed by atoms with Gasteiger partial charge in [-0.1, -0.05) is 30.3 Å². The Morgan fingerprint density at radius 1 is 0.896 bits per heavy atom. The summed E-state index contributed by atoms with van der Waals surface area (Å²) in [5.74, 6) is -0.145. The number of aryl methyl sites for hydroxylation is 3. The van der Waals surface area contributed by atoms with Crippen LogP contribution in [0.3, 0.4) is 0 Å². The SMILES string of the molecule is CCNc1cc(-c2ccc(CC(=O)NCCCc3nc4c(C(N)=O)cccc4[nH]3)cc2)cc(C(=O)NCc2c(C)cc(C)[nH]c2=O)c1C. The molecule has 0 aliphatic heterocycles. The van der Waals surface area contributed by atoms with Crippen LogP contribution >= 0.6 is 0 Å². The lowest BCUT2D eigenvalue weighted by molar-refractivity contribution is -0.120. The fraction of sp³-hybridized carbons (Fsp3) is 0.270. The van der Waals surface area contributed by atoms with E-state index in [0.717, 1.165) is 50.5 Å². The number of para-hydroxylation sites is 1. The summed E-state index contributed by atoms with van der Waals surface area (Å²) >= 11 is 0. The van der Waals surface area contributed by atoms with Crippen molar-refractivity contribution in [3.05, 3.63) is 116 Å². The van der Waals surface area contributed by atoms with E-state index in [1.165, 1.54) is 0 Å². The third-order valence-corrected chi connectivity index (χ3v) is 8.33. The minimum absolute atomic E-state index is 0.0882. The number of primary amides is 1. The summed E-state index contributed by atoms with van der Waals surface area (Å²) in [6.07, 6.45) is 1.51. The number of carbonyl (C=O) groups is 3. The molecule has 2 heterocycles. The molecule has 0 unspecified atom stereocenters. The maximum Gasteiger partial charge on any atom is 0.253 e. The average molecular weight is 648 g/mol. The van der Waals surface area contributed by atoms with Gasteiger partial charge in [0.2, 0.25) is 5.91 Å². The summed E-state index contributed by atoms with van der Waals surface area (Å²) in [6, 6.07) is 18.7. The van der Waals surface area contributed by atoms with Crippen LogP contribution in [0, 0.1) is 20.8 Å². The molecule has 3 aromatic carbocycles. The van der Waals surface area contributed by atoms with Crippen LogP contribution in [-0.4, -0.2) is 45.8 Å². The van der Waals surface area contributed by atoms with Crippen molar-refractivity contribution in [1.29, 1.82) is 0 Å². The predicted octanol–water partition coefficient (Wildman–Crippen LogP) is 4.60. The Hall–Kier alpha value is -5.71. The first-order valence-electron chi connectivity index (χ1n) is 16.0. The number of imidazole rings is 1. The van der Waals surface area contributed by atoms with E-state index in [1.807, 2.05) is 76.2 Å². The van der Waals surface area contributed by atoms with Crippen molar-refractivity contribution in [3.8, 4) is 11.1 Å². The van der Waals surface area contributed by atoms with Crippen molar-refractivity contribution in [1.82, 2.24) is 25.6 Å². The fourth-order valence-corrected chi connectivity index (χ4v) is 5.80. The van der Waals surface area contributed by atoms with E-state index in [9.17, 15) is 19.2 Å². The topological polar surface area (TPSA) is 175 Å². The minimum atomic E-state index is -0.521. The number of aromatic nitrogens is 3. The van der Waals surface area contributed by atoms with Gasteiger partial charge in [-0.2, -0.15) is 0 Å². The minimum Gasteiger partial charge on any atom is -0.385 e. The van der Waals surface area contributed by atoms with E-state index >= 15 is 0 Å². The predicted molar refractivity (Wildman–Crippen MR) is 188 cm³/mol. The second kappa shape index (κ2) is 14.8. The maximum absolute atomic E-state index is 13.4. The lowest BCUT2D eigenvalue weighted by atomic mass is 9.96. The number of hydrogen-bond acceptors (Lipinski definition) is 6. The van der Waals surface area contributed by atoms with Crippen molar-refractivity contribution in [2.24, 2.45) is 5.73 Å². The van der Waals surface area contributed by atoms with Crippen molar-refractivity contribution >= 4 is 34.4 Å². The summed E-state index contributed by atoms with van der Waals surface area (Å²) < 4.78 is 0. The van der Waals surface area contributed by atoms with Gasteiger partial charge in [0.15, 0.2) is 0 Å². The normalized spacial score (nSPS) is 11.0. The van der Waals surface area contributed by atoms with Gasteiger partial charge >= 0.3 is 0 Å². The molecule has 48 heavy (non-hydrogen) atoms. The van der Waals surface area contributed by atoms with Crippen LogP contribution in [0.15, 0.2) is 65.5 Å². The van der Waals surface area contributed by atoms with E-state index in [4.69, 9.17) is 5.73 Å². The van der Waals surface area contributed by atoms with Crippen LogP contribution in [0.2, 0.25) is 0 Å². The Morgan fingerprint density at radius 2 is 1.67 bits per heavy atom. The molecule has 5 aromatic rings. The first kappa shape index (κ1) is 33.6. The van der Waals surface area contributed by atoms with Gasteiger partial charge < -0.3 is 31.7 Å².